The molecule has 0 heterocycles. The number of aryl methyl sites for hydroxylation is 1. The maximum atomic E-state index is 10.6. The third-order valence-electron chi connectivity index (χ3n) is 1.93. The molecule has 4 heteroatoms. The van der Waals surface area contributed by atoms with Gasteiger partial charge in [-0.25, -0.2) is 0 Å². The van der Waals surface area contributed by atoms with Crippen LogP contribution in [0.1, 0.15) is 12.5 Å². The zero-order valence-corrected chi connectivity index (χ0v) is 10.2. The summed E-state index contributed by atoms with van der Waals surface area (Å²) in [4.78, 5) is 10.6. The van der Waals surface area contributed by atoms with Crippen LogP contribution in [0.15, 0.2) is 18.2 Å². The van der Waals surface area contributed by atoms with Crippen LogP contribution in [0.2, 0.25) is 0 Å². The van der Waals surface area contributed by atoms with Crippen molar-refractivity contribution in [2.24, 2.45) is 0 Å². The van der Waals surface area contributed by atoms with Crippen LogP contribution in [-0.2, 0) is 4.79 Å². The Balaban J connectivity index is 2.78. The Labute approximate surface area is 96.7 Å². The minimum atomic E-state index is -0.847. The lowest BCUT2D eigenvalue weighted by Crippen LogP contribution is -2.25. The Morgan fingerprint density at radius 3 is 2.71 bits per heavy atom. The quantitative estimate of drug-likeness (QED) is 0.844. The molecule has 0 saturated carbocycles. The first kappa shape index (κ1) is 11.3. The van der Waals surface area contributed by atoms with E-state index in [0.717, 1.165) is 9.26 Å². The van der Waals surface area contributed by atoms with Crippen molar-refractivity contribution in [1.29, 1.82) is 0 Å². The van der Waals surface area contributed by atoms with Crippen LogP contribution in [0.4, 0.5) is 5.69 Å². The van der Waals surface area contributed by atoms with E-state index in [2.05, 4.69) is 27.9 Å². The minimum Gasteiger partial charge on any atom is -0.480 e. The van der Waals surface area contributed by atoms with Gasteiger partial charge >= 0.3 is 5.97 Å². The van der Waals surface area contributed by atoms with Gasteiger partial charge in [-0.2, -0.15) is 0 Å². The molecule has 0 spiro atoms. The highest BCUT2D eigenvalue weighted by molar-refractivity contribution is 14.1. The largest absolute Gasteiger partial charge is 0.480 e. The number of rotatable bonds is 3. The topological polar surface area (TPSA) is 49.3 Å². The zero-order valence-electron chi connectivity index (χ0n) is 8.04. The summed E-state index contributed by atoms with van der Waals surface area (Å²) in [7, 11) is 0. The lowest BCUT2D eigenvalue weighted by Gasteiger charge is -2.11. The number of nitrogens with one attached hydrogen (secondary N) is 1. The van der Waals surface area contributed by atoms with Crippen molar-refractivity contribution in [3.8, 4) is 0 Å². The van der Waals surface area contributed by atoms with Crippen molar-refractivity contribution in [1.82, 2.24) is 0 Å². The third kappa shape index (κ3) is 2.87. The summed E-state index contributed by atoms with van der Waals surface area (Å²) in [6, 6.07) is 5.24. The molecule has 3 nitrogen and oxygen atoms in total. The first-order valence-electron chi connectivity index (χ1n) is 4.26. The molecular formula is C10H12INO2. The highest BCUT2D eigenvalue weighted by atomic mass is 127. The van der Waals surface area contributed by atoms with Crippen LogP contribution in [-0.4, -0.2) is 17.1 Å². The highest BCUT2D eigenvalue weighted by Gasteiger charge is 2.09. The summed E-state index contributed by atoms with van der Waals surface area (Å²) in [5, 5.41) is 11.6. The van der Waals surface area contributed by atoms with E-state index in [0.29, 0.717) is 0 Å². The number of halogens is 1. The SMILES string of the molecule is Cc1ccc(NC(C)C(=O)O)cc1I. The molecule has 0 aliphatic rings. The van der Waals surface area contributed by atoms with E-state index < -0.39 is 12.0 Å². The first-order valence-corrected chi connectivity index (χ1v) is 5.34. The van der Waals surface area contributed by atoms with Gasteiger partial charge in [0.2, 0.25) is 0 Å². The Hall–Kier alpha value is -0.780. The zero-order chi connectivity index (χ0) is 10.7. The van der Waals surface area contributed by atoms with Crippen LogP contribution >= 0.6 is 22.6 Å². The van der Waals surface area contributed by atoms with E-state index in [1.807, 2.05) is 25.1 Å². The Morgan fingerprint density at radius 1 is 1.57 bits per heavy atom. The second-order valence-electron chi connectivity index (χ2n) is 3.17. The molecule has 14 heavy (non-hydrogen) atoms. The standard InChI is InChI=1S/C10H12INO2/c1-6-3-4-8(5-9(6)11)12-7(2)10(13)14/h3-5,7,12H,1-2H3,(H,13,14). The first-order chi connectivity index (χ1) is 6.50. The van der Waals surface area contributed by atoms with E-state index in [4.69, 9.17) is 5.11 Å². The lowest BCUT2D eigenvalue weighted by atomic mass is 10.2. The molecule has 0 saturated heterocycles. The summed E-state index contributed by atoms with van der Waals surface area (Å²) in [6.07, 6.45) is 0. The monoisotopic (exact) mass is 305 g/mol. The fourth-order valence-corrected chi connectivity index (χ4v) is 1.51. The maximum Gasteiger partial charge on any atom is 0.325 e. The molecular weight excluding hydrogens is 293 g/mol. The summed E-state index contributed by atoms with van der Waals surface area (Å²) < 4.78 is 1.13. The number of anilines is 1. The van der Waals surface area contributed by atoms with Crippen molar-refractivity contribution in [2.45, 2.75) is 19.9 Å². The molecule has 1 rings (SSSR count). The maximum absolute atomic E-state index is 10.6. The van der Waals surface area contributed by atoms with E-state index in [1.165, 1.54) is 5.56 Å². The number of hydrogen-bond acceptors (Lipinski definition) is 2. The van der Waals surface area contributed by atoms with Gasteiger partial charge in [-0.15, -0.1) is 0 Å². The van der Waals surface area contributed by atoms with Crippen LogP contribution in [0.5, 0.6) is 0 Å². The van der Waals surface area contributed by atoms with Crippen molar-refractivity contribution in [2.75, 3.05) is 5.32 Å². The van der Waals surface area contributed by atoms with Crippen LogP contribution in [0.25, 0.3) is 0 Å². The Kier molecular flexibility index (Phi) is 3.74. The second kappa shape index (κ2) is 4.63. The highest BCUT2D eigenvalue weighted by Crippen LogP contribution is 2.17. The van der Waals surface area contributed by atoms with Gasteiger partial charge in [0.15, 0.2) is 0 Å². The number of carboxylic acids is 1. The summed E-state index contributed by atoms with van der Waals surface area (Å²) in [5.41, 5.74) is 2.04. The lowest BCUT2D eigenvalue weighted by molar-refractivity contribution is -0.137. The van der Waals surface area contributed by atoms with Gasteiger partial charge in [-0.1, -0.05) is 6.07 Å². The van der Waals surface area contributed by atoms with E-state index >= 15 is 0 Å². The Bertz CT molecular complexity index is 352. The molecule has 0 aliphatic heterocycles. The smallest absolute Gasteiger partial charge is 0.325 e. The van der Waals surface area contributed by atoms with Crippen molar-refractivity contribution >= 4 is 34.2 Å². The van der Waals surface area contributed by atoms with Crippen molar-refractivity contribution < 1.29 is 9.90 Å². The third-order valence-corrected chi connectivity index (χ3v) is 3.09. The van der Waals surface area contributed by atoms with Crippen molar-refractivity contribution in [3.63, 3.8) is 0 Å². The van der Waals surface area contributed by atoms with Crippen LogP contribution < -0.4 is 5.32 Å². The summed E-state index contributed by atoms with van der Waals surface area (Å²) in [6.45, 7) is 3.64. The molecule has 2 N–H and O–H groups in total. The van der Waals surface area contributed by atoms with E-state index in [-0.39, 0.29) is 0 Å². The predicted octanol–water partition coefficient (Wildman–Crippen LogP) is 2.48. The number of carbonyl (C=O) groups is 1. The average Bonchev–Trinajstić information content (AvgIpc) is 2.11. The molecule has 0 bridgehead atoms. The normalized spacial score (nSPS) is 12.2. The van der Waals surface area contributed by atoms with Crippen LogP contribution in [0, 0.1) is 10.5 Å². The number of aliphatic carboxylic acids is 1. The fraction of sp³-hybridized carbons (Fsp3) is 0.300. The van der Waals surface area contributed by atoms with Gasteiger partial charge in [-0.05, 0) is 54.1 Å². The van der Waals surface area contributed by atoms with E-state index in [1.54, 1.807) is 6.92 Å². The van der Waals surface area contributed by atoms with Gasteiger partial charge < -0.3 is 10.4 Å². The van der Waals surface area contributed by atoms with Gasteiger partial charge in [0.05, 0.1) is 0 Å². The fourth-order valence-electron chi connectivity index (χ4n) is 0.994. The van der Waals surface area contributed by atoms with E-state index in [9.17, 15) is 4.79 Å². The number of hydrogen-bond donors (Lipinski definition) is 2. The molecule has 1 aromatic rings. The summed E-state index contributed by atoms with van der Waals surface area (Å²) in [5.74, 6) is -0.847. The van der Waals surface area contributed by atoms with Gasteiger partial charge in [0.25, 0.3) is 0 Å². The molecule has 1 aromatic carbocycles. The van der Waals surface area contributed by atoms with Crippen molar-refractivity contribution in [3.05, 3.63) is 27.3 Å². The minimum absolute atomic E-state index is 0.562. The molecule has 0 aromatic heterocycles. The molecule has 76 valence electrons. The Morgan fingerprint density at radius 2 is 2.21 bits per heavy atom. The van der Waals surface area contributed by atoms with Gasteiger partial charge in [-0.3, -0.25) is 4.79 Å². The van der Waals surface area contributed by atoms with Gasteiger partial charge in [0, 0.05) is 9.26 Å². The molecule has 0 amide bonds. The van der Waals surface area contributed by atoms with Crippen LogP contribution in [0.3, 0.4) is 0 Å². The molecule has 0 fully saturated rings. The number of carboxylic acid groups (broad SMARTS) is 1. The second-order valence-corrected chi connectivity index (χ2v) is 4.33. The van der Waals surface area contributed by atoms with Gasteiger partial charge in [0.1, 0.15) is 6.04 Å². The average molecular weight is 305 g/mol. The molecule has 1 atom stereocenters. The predicted molar refractivity (Wildman–Crippen MR) is 64.6 cm³/mol. The molecule has 1 unspecified atom stereocenters. The molecule has 0 radical (unpaired) electrons. The number of benzene rings is 1. The molecule has 0 aliphatic carbocycles. The summed E-state index contributed by atoms with van der Waals surface area (Å²) >= 11 is 2.23.